The maximum absolute atomic E-state index is 11.3. The first-order valence-electron chi connectivity index (χ1n) is 4.91. The maximum Gasteiger partial charge on any atom is 0.349 e. The fraction of sp³-hybridized carbons (Fsp3) is 0.444. The van der Waals surface area contributed by atoms with E-state index < -0.39 is 0 Å². The van der Waals surface area contributed by atoms with Crippen LogP contribution in [0.1, 0.15) is 12.2 Å². The molecule has 2 aromatic rings. The zero-order chi connectivity index (χ0) is 11.5. The highest BCUT2D eigenvalue weighted by molar-refractivity contribution is 7.99. The molecule has 2 rings (SSSR count). The molecule has 6 nitrogen and oxygen atoms in total. The van der Waals surface area contributed by atoms with Gasteiger partial charge in [-0.3, -0.25) is 0 Å². The van der Waals surface area contributed by atoms with E-state index in [1.165, 1.54) is 4.40 Å². The Morgan fingerprint density at radius 1 is 1.62 bits per heavy atom. The first kappa shape index (κ1) is 11.2. The molecular formula is C9H12N4O2S. The number of fused-ring (bicyclic) bond motifs is 1. The Labute approximate surface area is 95.7 Å². The fourth-order valence-corrected chi connectivity index (χ4v) is 2.25. The Bertz CT molecular complexity index is 548. The van der Waals surface area contributed by atoms with E-state index in [9.17, 15) is 4.79 Å². The van der Waals surface area contributed by atoms with Gasteiger partial charge >= 0.3 is 5.69 Å². The third-order valence-electron chi connectivity index (χ3n) is 2.10. The monoisotopic (exact) mass is 240 g/mol. The van der Waals surface area contributed by atoms with Crippen molar-refractivity contribution in [3.05, 3.63) is 22.4 Å². The average Bonchev–Trinajstić information content (AvgIpc) is 2.61. The van der Waals surface area contributed by atoms with E-state index in [1.807, 2.05) is 0 Å². The standard InChI is InChI=1S/C9H12N4O2S/c1-6-10-8(16-4-2-3-14)5-7-11-12-9(15)13(6)7/h5,14H,2-4H2,1H3,(H,12,15). The van der Waals surface area contributed by atoms with E-state index in [2.05, 4.69) is 15.2 Å². The van der Waals surface area contributed by atoms with Crippen molar-refractivity contribution in [2.24, 2.45) is 0 Å². The predicted molar refractivity (Wildman–Crippen MR) is 60.8 cm³/mol. The molecule has 0 unspecified atom stereocenters. The number of nitrogens with one attached hydrogen (secondary N) is 1. The van der Waals surface area contributed by atoms with Crippen LogP contribution in [0, 0.1) is 6.92 Å². The second-order valence-electron chi connectivity index (χ2n) is 3.29. The largest absolute Gasteiger partial charge is 0.396 e. The molecule has 0 fully saturated rings. The summed E-state index contributed by atoms with van der Waals surface area (Å²) in [6, 6.07) is 1.76. The van der Waals surface area contributed by atoms with Crippen molar-refractivity contribution in [3.8, 4) is 0 Å². The minimum atomic E-state index is -0.271. The van der Waals surface area contributed by atoms with Crippen molar-refractivity contribution in [2.75, 3.05) is 12.4 Å². The molecule has 86 valence electrons. The van der Waals surface area contributed by atoms with E-state index >= 15 is 0 Å². The van der Waals surface area contributed by atoms with Gasteiger partial charge in [-0.15, -0.1) is 11.8 Å². The smallest absolute Gasteiger partial charge is 0.349 e. The van der Waals surface area contributed by atoms with Gasteiger partial charge in [-0.25, -0.2) is 19.3 Å². The number of nitrogens with zero attached hydrogens (tertiary/aromatic N) is 3. The van der Waals surface area contributed by atoms with Gasteiger partial charge in [0.05, 0.1) is 0 Å². The molecule has 0 amide bonds. The van der Waals surface area contributed by atoms with Crippen LogP contribution in [0.4, 0.5) is 0 Å². The summed E-state index contributed by atoms with van der Waals surface area (Å²) in [6.45, 7) is 1.94. The molecule has 0 spiro atoms. The molecule has 0 bridgehead atoms. The van der Waals surface area contributed by atoms with Crippen molar-refractivity contribution < 1.29 is 5.11 Å². The van der Waals surface area contributed by atoms with Crippen LogP contribution in [0.25, 0.3) is 5.65 Å². The van der Waals surface area contributed by atoms with Gasteiger partial charge in [0.25, 0.3) is 0 Å². The minimum absolute atomic E-state index is 0.177. The van der Waals surface area contributed by atoms with Gasteiger partial charge in [-0.2, -0.15) is 5.10 Å². The summed E-state index contributed by atoms with van der Waals surface area (Å²) in [7, 11) is 0. The van der Waals surface area contributed by atoms with Gasteiger partial charge in [0.15, 0.2) is 5.65 Å². The predicted octanol–water partition coefficient (Wildman–Crippen LogP) is 0.201. The van der Waals surface area contributed by atoms with E-state index in [-0.39, 0.29) is 12.3 Å². The molecular weight excluding hydrogens is 228 g/mol. The van der Waals surface area contributed by atoms with Crippen molar-refractivity contribution >= 4 is 17.4 Å². The van der Waals surface area contributed by atoms with Gasteiger partial charge in [0.2, 0.25) is 0 Å². The summed E-state index contributed by atoms with van der Waals surface area (Å²) in [5.74, 6) is 1.41. The maximum atomic E-state index is 11.3. The van der Waals surface area contributed by atoms with E-state index in [0.29, 0.717) is 11.5 Å². The Morgan fingerprint density at radius 3 is 3.19 bits per heavy atom. The number of rotatable bonds is 4. The Kier molecular flexibility index (Phi) is 3.25. The zero-order valence-electron chi connectivity index (χ0n) is 8.80. The Hall–Kier alpha value is -1.34. The summed E-state index contributed by atoms with van der Waals surface area (Å²) in [5, 5.41) is 15.8. The van der Waals surface area contributed by atoms with Crippen LogP contribution < -0.4 is 5.69 Å². The highest BCUT2D eigenvalue weighted by atomic mass is 32.2. The van der Waals surface area contributed by atoms with Crippen LogP contribution >= 0.6 is 11.8 Å². The van der Waals surface area contributed by atoms with Crippen LogP contribution in [0.2, 0.25) is 0 Å². The molecule has 0 aromatic carbocycles. The number of hydrogen-bond acceptors (Lipinski definition) is 5. The quantitative estimate of drug-likeness (QED) is 0.453. The number of thioether (sulfide) groups is 1. The third kappa shape index (κ3) is 2.10. The number of aromatic nitrogens is 4. The van der Waals surface area contributed by atoms with Crippen LogP contribution in [-0.2, 0) is 0 Å². The molecule has 0 radical (unpaired) electrons. The summed E-state index contributed by atoms with van der Waals surface area (Å²) in [6.07, 6.45) is 0.726. The van der Waals surface area contributed by atoms with Gasteiger partial charge in [-0.05, 0) is 13.3 Å². The summed E-state index contributed by atoms with van der Waals surface area (Å²) in [5.41, 5.74) is 0.302. The van der Waals surface area contributed by atoms with Gasteiger partial charge in [0.1, 0.15) is 10.9 Å². The molecule has 0 atom stereocenters. The summed E-state index contributed by atoms with van der Waals surface area (Å²) in [4.78, 5) is 15.6. The van der Waals surface area contributed by atoms with Gasteiger partial charge in [-0.1, -0.05) is 0 Å². The van der Waals surface area contributed by atoms with Crippen molar-refractivity contribution in [1.29, 1.82) is 0 Å². The highest BCUT2D eigenvalue weighted by Crippen LogP contribution is 2.17. The van der Waals surface area contributed by atoms with Crippen molar-refractivity contribution in [1.82, 2.24) is 19.6 Å². The lowest BCUT2D eigenvalue weighted by Crippen LogP contribution is -2.13. The normalized spacial score (nSPS) is 11.1. The van der Waals surface area contributed by atoms with Gasteiger partial charge in [0, 0.05) is 18.4 Å². The number of hydrogen-bond donors (Lipinski definition) is 2. The van der Waals surface area contributed by atoms with E-state index in [4.69, 9.17) is 5.11 Å². The molecule has 2 N–H and O–H groups in total. The number of H-pyrrole nitrogens is 1. The highest BCUT2D eigenvalue weighted by Gasteiger charge is 2.06. The SMILES string of the molecule is Cc1nc(SCCCO)cc2n[nH]c(=O)n12. The molecule has 0 saturated carbocycles. The molecule has 2 heterocycles. The lowest BCUT2D eigenvalue weighted by Gasteiger charge is -2.02. The second-order valence-corrected chi connectivity index (χ2v) is 4.40. The van der Waals surface area contributed by atoms with Crippen molar-refractivity contribution in [2.45, 2.75) is 18.4 Å². The van der Waals surface area contributed by atoms with Crippen LogP contribution in [-0.4, -0.2) is 37.0 Å². The lowest BCUT2D eigenvalue weighted by atomic mass is 10.5. The second kappa shape index (κ2) is 4.67. The van der Waals surface area contributed by atoms with Gasteiger partial charge < -0.3 is 5.11 Å². The lowest BCUT2D eigenvalue weighted by molar-refractivity contribution is 0.296. The topological polar surface area (TPSA) is 83.3 Å². The first-order chi connectivity index (χ1) is 7.72. The summed E-state index contributed by atoms with van der Waals surface area (Å²) < 4.78 is 1.43. The first-order valence-corrected chi connectivity index (χ1v) is 5.89. The molecule has 0 saturated heterocycles. The number of aliphatic hydroxyl groups excluding tert-OH is 1. The Balaban J connectivity index is 2.32. The van der Waals surface area contributed by atoms with Crippen LogP contribution in [0.15, 0.2) is 15.9 Å². The molecule has 7 heteroatoms. The van der Waals surface area contributed by atoms with E-state index in [0.717, 1.165) is 17.2 Å². The number of aromatic amines is 1. The van der Waals surface area contributed by atoms with Crippen LogP contribution in [0.5, 0.6) is 0 Å². The molecule has 0 aliphatic carbocycles. The molecule has 2 aromatic heterocycles. The number of aryl methyl sites for hydroxylation is 1. The molecule has 16 heavy (non-hydrogen) atoms. The van der Waals surface area contributed by atoms with Crippen molar-refractivity contribution in [3.63, 3.8) is 0 Å². The Morgan fingerprint density at radius 2 is 2.44 bits per heavy atom. The average molecular weight is 240 g/mol. The number of aliphatic hydroxyl groups is 1. The van der Waals surface area contributed by atoms with E-state index in [1.54, 1.807) is 24.8 Å². The minimum Gasteiger partial charge on any atom is -0.396 e. The molecule has 0 aliphatic heterocycles. The fourth-order valence-electron chi connectivity index (χ4n) is 1.39. The zero-order valence-corrected chi connectivity index (χ0v) is 9.62. The summed E-state index contributed by atoms with van der Waals surface area (Å²) >= 11 is 1.54. The van der Waals surface area contributed by atoms with Crippen LogP contribution in [0.3, 0.4) is 0 Å². The molecule has 0 aliphatic rings. The third-order valence-corrected chi connectivity index (χ3v) is 3.10.